The first-order valence-electron chi connectivity index (χ1n) is 6.07. The summed E-state index contributed by atoms with van der Waals surface area (Å²) in [6.07, 6.45) is 6.82. The molecule has 1 N–H and O–H groups in total. The van der Waals surface area contributed by atoms with Crippen molar-refractivity contribution in [1.82, 2.24) is 19.9 Å². The van der Waals surface area contributed by atoms with E-state index in [0.29, 0.717) is 0 Å². The lowest BCUT2D eigenvalue weighted by Crippen LogP contribution is -2.24. The third kappa shape index (κ3) is 3.81. The summed E-state index contributed by atoms with van der Waals surface area (Å²) < 4.78 is 1.37. The van der Waals surface area contributed by atoms with Crippen molar-refractivity contribution in [3.8, 4) is 0 Å². The number of hydrogen-bond donors (Lipinski definition) is 1. The molecule has 1 aliphatic rings. The summed E-state index contributed by atoms with van der Waals surface area (Å²) in [5.41, 5.74) is 0.855. The van der Waals surface area contributed by atoms with Crippen LogP contribution in [0.3, 0.4) is 0 Å². The second kappa shape index (κ2) is 5.77. The van der Waals surface area contributed by atoms with Gasteiger partial charge in [-0.25, -0.2) is 4.68 Å². The van der Waals surface area contributed by atoms with Crippen LogP contribution < -0.4 is 0 Å². The maximum absolute atomic E-state index is 10.5. The minimum atomic E-state index is -0.892. The van der Waals surface area contributed by atoms with E-state index in [1.165, 1.54) is 30.4 Å². The topological polar surface area (TPSA) is 71.2 Å². The molecule has 0 saturated carbocycles. The molecule has 0 amide bonds. The summed E-state index contributed by atoms with van der Waals surface area (Å²) in [6.45, 7) is 2.87. The molecule has 1 fully saturated rings. The largest absolute Gasteiger partial charge is 0.480 e. The molecule has 1 aromatic heterocycles. The Labute approximate surface area is 100 Å². The Morgan fingerprint density at radius 3 is 2.65 bits per heavy atom. The van der Waals surface area contributed by atoms with Gasteiger partial charge in [-0.15, -0.1) is 5.10 Å². The molecule has 6 nitrogen and oxygen atoms in total. The van der Waals surface area contributed by atoms with Crippen LogP contribution in [-0.4, -0.2) is 44.1 Å². The maximum Gasteiger partial charge on any atom is 0.325 e. The van der Waals surface area contributed by atoms with E-state index in [1.54, 1.807) is 6.20 Å². The molecule has 0 unspecified atom stereocenters. The predicted molar refractivity (Wildman–Crippen MR) is 61.4 cm³/mol. The lowest BCUT2D eigenvalue weighted by Gasteiger charge is -2.17. The van der Waals surface area contributed by atoms with Crippen molar-refractivity contribution in [3.63, 3.8) is 0 Å². The van der Waals surface area contributed by atoms with E-state index in [1.807, 2.05) is 0 Å². The van der Waals surface area contributed by atoms with Crippen LogP contribution in [0.1, 0.15) is 31.4 Å². The number of likely N-dealkylation sites (tertiary alicyclic amines) is 1. The minimum absolute atomic E-state index is 0.118. The molecule has 2 rings (SSSR count). The number of rotatable bonds is 4. The second-order valence-electron chi connectivity index (χ2n) is 4.49. The number of hydrogen-bond acceptors (Lipinski definition) is 4. The molecule has 1 saturated heterocycles. The van der Waals surface area contributed by atoms with E-state index in [0.717, 1.165) is 25.3 Å². The summed E-state index contributed by atoms with van der Waals surface area (Å²) >= 11 is 0. The molecule has 6 heteroatoms. The molecule has 1 aliphatic heterocycles. The molecule has 2 heterocycles. The number of nitrogens with zero attached hydrogens (tertiary/aromatic N) is 4. The zero-order chi connectivity index (χ0) is 12.1. The van der Waals surface area contributed by atoms with E-state index in [4.69, 9.17) is 5.11 Å². The van der Waals surface area contributed by atoms with E-state index in [9.17, 15) is 4.79 Å². The van der Waals surface area contributed by atoms with Crippen molar-refractivity contribution < 1.29 is 9.90 Å². The monoisotopic (exact) mass is 238 g/mol. The third-order valence-electron chi connectivity index (χ3n) is 2.97. The van der Waals surface area contributed by atoms with Gasteiger partial charge in [0.05, 0.1) is 11.9 Å². The van der Waals surface area contributed by atoms with E-state index in [2.05, 4.69) is 15.2 Å². The highest BCUT2D eigenvalue weighted by Gasteiger charge is 2.12. The Morgan fingerprint density at radius 1 is 1.29 bits per heavy atom. The number of carboxylic acids is 1. The van der Waals surface area contributed by atoms with Gasteiger partial charge in [-0.05, 0) is 25.9 Å². The second-order valence-corrected chi connectivity index (χ2v) is 4.49. The molecule has 0 aliphatic carbocycles. The predicted octanol–water partition coefficient (Wildman–Crippen LogP) is 0.739. The first kappa shape index (κ1) is 12.0. The van der Waals surface area contributed by atoms with Gasteiger partial charge in [-0.2, -0.15) is 0 Å². The van der Waals surface area contributed by atoms with Gasteiger partial charge in [-0.3, -0.25) is 9.69 Å². The number of aromatic nitrogens is 3. The Hall–Kier alpha value is -1.43. The molecule has 0 radical (unpaired) electrons. The Kier molecular flexibility index (Phi) is 4.08. The van der Waals surface area contributed by atoms with Crippen LogP contribution >= 0.6 is 0 Å². The van der Waals surface area contributed by atoms with Crippen molar-refractivity contribution in [3.05, 3.63) is 11.9 Å². The third-order valence-corrected chi connectivity index (χ3v) is 2.97. The van der Waals surface area contributed by atoms with Crippen LogP contribution in [-0.2, 0) is 17.9 Å². The molecule has 0 aromatic carbocycles. The van der Waals surface area contributed by atoms with Gasteiger partial charge < -0.3 is 5.11 Å². The van der Waals surface area contributed by atoms with E-state index < -0.39 is 5.97 Å². The van der Waals surface area contributed by atoms with Crippen molar-refractivity contribution in [1.29, 1.82) is 0 Å². The maximum atomic E-state index is 10.5. The zero-order valence-electron chi connectivity index (χ0n) is 9.88. The van der Waals surface area contributed by atoms with Crippen molar-refractivity contribution in [2.75, 3.05) is 13.1 Å². The van der Waals surface area contributed by atoms with Crippen molar-refractivity contribution in [2.24, 2.45) is 0 Å². The first-order chi connectivity index (χ1) is 8.24. The lowest BCUT2D eigenvalue weighted by molar-refractivity contribution is -0.137. The standard InChI is InChI=1S/C11H18N4O2/c16-11(17)9-15-8-10(12-13-15)7-14-5-3-1-2-4-6-14/h8H,1-7,9H2,(H,16,17). The fourth-order valence-corrected chi connectivity index (χ4v) is 2.15. The normalized spacial score (nSPS) is 17.9. The number of carboxylic acid groups (broad SMARTS) is 1. The van der Waals surface area contributed by atoms with Gasteiger partial charge in [0.25, 0.3) is 0 Å². The van der Waals surface area contributed by atoms with Crippen LogP contribution in [0.5, 0.6) is 0 Å². The van der Waals surface area contributed by atoms with Crippen LogP contribution in [0.15, 0.2) is 6.20 Å². The van der Waals surface area contributed by atoms with Gasteiger partial charge in [0, 0.05) is 6.54 Å². The molecule has 1 aromatic rings. The molecule has 17 heavy (non-hydrogen) atoms. The average molecular weight is 238 g/mol. The minimum Gasteiger partial charge on any atom is -0.480 e. The summed E-state index contributed by atoms with van der Waals surface area (Å²) in [6, 6.07) is 0. The van der Waals surface area contributed by atoms with Crippen LogP contribution in [0.25, 0.3) is 0 Å². The Balaban J connectivity index is 1.89. The van der Waals surface area contributed by atoms with Gasteiger partial charge in [0.15, 0.2) is 0 Å². The van der Waals surface area contributed by atoms with Crippen molar-refractivity contribution >= 4 is 5.97 Å². The molecule has 0 bridgehead atoms. The Morgan fingerprint density at radius 2 is 2.00 bits per heavy atom. The van der Waals surface area contributed by atoms with E-state index in [-0.39, 0.29) is 6.54 Å². The molecular weight excluding hydrogens is 220 g/mol. The SMILES string of the molecule is O=C(O)Cn1cc(CN2CCCCCC2)nn1. The van der Waals surface area contributed by atoms with Crippen molar-refractivity contribution in [2.45, 2.75) is 38.8 Å². The molecule has 94 valence electrons. The summed E-state index contributed by atoms with van der Waals surface area (Å²) in [4.78, 5) is 12.9. The summed E-state index contributed by atoms with van der Waals surface area (Å²) in [7, 11) is 0. The lowest BCUT2D eigenvalue weighted by atomic mass is 10.2. The van der Waals surface area contributed by atoms with Gasteiger partial charge in [0.2, 0.25) is 0 Å². The van der Waals surface area contributed by atoms with E-state index >= 15 is 0 Å². The molecule has 0 atom stereocenters. The van der Waals surface area contributed by atoms with Gasteiger partial charge in [0.1, 0.15) is 6.54 Å². The Bertz CT molecular complexity index is 369. The van der Waals surface area contributed by atoms with Crippen LogP contribution in [0.4, 0.5) is 0 Å². The molecular formula is C11H18N4O2. The highest BCUT2D eigenvalue weighted by molar-refractivity contribution is 5.66. The first-order valence-corrected chi connectivity index (χ1v) is 6.07. The average Bonchev–Trinajstić information content (AvgIpc) is 2.54. The fourth-order valence-electron chi connectivity index (χ4n) is 2.15. The molecule has 0 spiro atoms. The quantitative estimate of drug-likeness (QED) is 0.837. The highest BCUT2D eigenvalue weighted by atomic mass is 16.4. The number of carbonyl (C=O) groups is 1. The fraction of sp³-hybridized carbons (Fsp3) is 0.727. The van der Waals surface area contributed by atoms with Gasteiger partial charge >= 0.3 is 5.97 Å². The summed E-state index contributed by atoms with van der Waals surface area (Å²) in [5, 5.41) is 16.4. The van der Waals surface area contributed by atoms with Crippen LogP contribution in [0, 0.1) is 0 Å². The zero-order valence-corrected chi connectivity index (χ0v) is 9.88. The smallest absolute Gasteiger partial charge is 0.325 e. The summed E-state index contributed by atoms with van der Waals surface area (Å²) in [5.74, 6) is -0.892. The van der Waals surface area contributed by atoms with Crippen LogP contribution in [0.2, 0.25) is 0 Å². The highest BCUT2D eigenvalue weighted by Crippen LogP contribution is 2.11. The van der Waals surface area contributed by atoms with Gasteiger partial charge in [-0.1, -0.05) is 18.1 Å². The number of aliphatic carboxylic acids is 1.